The first kappa shape index (κ1) is 14.6. The highest BCUT2D eigenvalue weighted by Gasteiger charge is 2.22. The molecule has 0 saturated carbocycles. The maximum Gasteiger partial charge on any atom is 0.162 e. The molecule has 2 aliphatic heterocycles. The number of nitrogens with zero attached hydrogens (tertiary/aromatic N) is 1. The number of ether oxygens (including phenoxy) is 2. The monoisotopic (exact) mass is 309 g/mol. The third kappa shape index (κ3) is 3.35. The molecule has 3 heteroatoms. The molecule has 0 N–H and O–H groups in total. The molecular formula is C20H23NO2. The first-order valence-electron chi connectivity index (χ1n) is 8.58. The molecule has 1 saturated heterocycles. The second kappa shape index (κ2) is 6.63. The zero-order valence-electron chi connectivity index (χ0n) is 13.4. The highest BCUT2D eigenvalue weighted by Crippen LogP contribution is 2.35. The summed E-state index contributed by atoms with van der Waals surface area (Å²) in [6, 6.07) is 16.7. The second-order valence-corrected chi connectivity index (χ2v) is 6.44. The van der Waals surface area contributed by atoms with E-state index in [0.717, 1.165) is 18.0 Å². The van der Waals surface area contributed by atoms with Gasteiger partial charge in [-0.25, -0.2) is 0 Å². The van der Waals surface area contributed by atoms with Gasteiger partial charge in [0.2, 0.25) is 0 Å². The molecule has 0 bridgehead atoms. The summed E-state index contributed by atoms with van der Waals surface area (Å²) in [5, 5.41) is 0. The van der Waals surface area contributed by atoms with E-state index in [-0.39, 0.29) is 6.10 Å². The maximum absolute atomic E-state index is 6.07. The Kier molecular flexibility index (Phi) is 4.20. The molecule has 2 heterocycles. The number of para-hydroxylation sites is 2. The van der Waals surface area contributed by atoms with Gasteiger partial charge in [0.25, 0.3) is 0 Å². The van der Waals surface area contributed by atoms with E-state index in [1.54, 1.807) is 0 Å². The van der Waals surface area contributed by atoms with Gasteiger partial charge in [-0.2, -0.15) is 0 Å². The van der Waals surface area contributed by atoms with Crippen molar-refractivity contribution in [3.05, 3.63) is 59.7 Å². The minimum absolute atomic E-state index is 0.0195. The lowest BCUT2D eigenvalue weighted by Gasteiger charge is -2.28. The molecule has 1 atom stereocenters. The molecule has 4 rings (SSSR count). The summed E-state index contributed by atoms with van der Waals surface area (Å²) in [5.74, 6) is 1.67. The molecule has 2 aromatic rings. The normalized spacial score (nSPS) is 21.1. The van der Waals surface area contributed by atoms with Crippen molar-refractivity contribution in [3.63, 3.8) is 0 Å². The first-order valence-corrected chi connectivity index (χ1v) is 8.58. The van der Waals surface area contributed by atoms with Crippen molar-refractivity contribution in [2.45, 2.75) is 31.9 Å². The van der Waals surface area contributed by atoms with Crippen LogP contribution in [0.4, 0.5) is 0 Å². The van der Waals surface area contributed by atoms with E-state index < -0.39 is 0 Å². The van der Waals surface area contributed by atoms with Gasteiger partial charge in [-0.3, -0.25) is 4.90 Å². The van der Waals surface area contributed by atoms with Crippen LogP contribution in [0.25, 0.3) is 0 Å². The molecule has 2 aliphatic rings. The summed E-state index contributed by atoms with van der Waals surface area (Å²) < 4.78 is 11.9. The molecular weight excluding hydrogens is 286 g/mol. The van der Waals surface area contributed by atoms with Crippen molar-refractivity contribution in [1.29, 1.82) is 0 Å². The third-order valence-electron chi connectivity index (χ3n) is 4.71. The van der Waals surface area contributed by atoms with Crippen molar-refractivity contribution < 1.29 is 9.47 Å². The van der Waals surface area contributed by atoms with Crippen molar-refractivity contribution in [2.24, 2.45) is 0 Å². The summed E-state index contributed by atoms with van der Waals surface area (Å²) in [7, 11) is 0. The molecule has 23 heavy (non-hydrogen) atoms. The second-order valence-electron chi connectivity index (χ2n) is 6.44. The Bertz CT molecular complexity index is 647. The van der Waals surface area contributed by atoms with Crippen molar-refractivity contribution >= 4 is 0 Å². The number of rotatable bonds is 3. The zero-order valence-corrected chi connectivity index (χ0v) is 13.4. The highest BCUT2D eigenvalue weighted by atomic mass is 16.6. The van der Waals surface area contributed by atoms with Crippen molar-refractivity contribution in [3.8, 4) is 11.5 Å². The fraction of sp³-hybridized carbons (Fsp3) is 0.400. The quantitative estimate of drug-likeness (QED) is 0.849. The molecule has 0 aromatic heterocycles. The van der Waals surface area contributed by atoms with Gasteiger partial charge >= 0.3 is 0 Å². The van der Waals surface area contributed by atoms with Crippen LogP contribution in [-0.2, 0) is 6.54 Å². The Hall–Kier alpha value is -2.00. The van der Waals surface area contributed by atoms with E-state index in [1.807, 2.05) is 24.3 Å². The van der Waals surface area contributed by atoms with Crippen molar-refractivity contribution in [1.82, 2.24) is 4.90 Å². The van der Waals surface area contributed by atoms with E-state index in [0.29, 0.717) is 6.61 Å². The van der Waals surface area contributed by atoms with Crippen LogP contribution in [0.3, 0.4) is 0 Å². The Balaban J connectivity index is 1.42. The van der Waals surface area contributed by atoms with Crippen LogP contribution in [0, 0.1) is 0 Å². The summed E-state index contributed by atoms with van der Waals surface area (Å²) in [5.41, 5.74) is 2.56. The van der Waals surface area contributed by atoms with Crippen molar-refractivity contribution in [2.75, 3.05) is 19.7 Å². The van der Waals surface area contributed by atoms with Crippen LogP contribution in [0.5, 0.6) is 11.5 Å². The highest BCUT2D eigenvalue weighted by molar-refractivity contribution is 5.41. The lowest BCUT2D eigenvalue weighted by Crippen LogP contribution is -2.29. The fourth-order valence-corrected chi connectivity index (χ4v) is 3.40. The molecule has 0 aliphatic carbocycles. The van der Waals surface area contributed by atoms with Crippen LogP contribution in [0.2, 0.25) is 0 Å². The van der Waals surface area contributed by atoms with Gasteiger partial charge in [-0.05, 0) is 49.2 Å². The number of fused-ring (bicyclic) bond motifs is 1. The van der Waals surface area contributed by atoms with Gasteiger partial charge in [0.1, 0.15) is 6.61 Å². The van der Waals surface area contributed by atoms with Gasteiger partial charge < -0.3 is 9.47 Å². The van der Waals surface area contributed by atoms with E-state index >= 15 is 0 Å². The van der Waals surface area contributed by atoms with Gasteiger partial charge in [0.05, 0.1) is 0 Å². The average molecular weight is 309 g/mol. The lowest BCUT2D eigenvalue weighted by atomic mass is 10.1. The Morgan fingerprint density at radius 2 is 1.61 bits per heavy atom. The standard InChI is InChI=1S/C20H23NO2/c1-4-12-21(13-5-1)14-16-8-10-17(11-9-16)20-15-22-18-6-2-3-7-19(18)23-20/h2-3,6-11,20H,1,4-5,12-15H2. The van der Waals surface area contributed by atoms with E-state index in [4.69, 9.17) is 9.47 Å². The molecule has 1 fully saturated rings. The number of hydrogen-bond donors (Lipinski definition) is 0. The molecule has 2 aromatic carbocycles. The molecule has 3 nitrogen and oxygen atoms in total. The predicted molar refractivity (Wildman–Crippen MR) is 90.9 cm³/mol. The lowest BCUT2D eigenvalue weighted by molar-refractivity contribution is 0.0913. The van der Waals surface area contributed by atoms with Gasteiger partial charge in [-0.1, -0.05) is 42.8 Å². The molecule has 1 unspecified atom stereocenters. The smallest absolute Gasteiger partial charge is 0.162 e. The molecule has 0 spiro atoms. The van der Waals surface area contributed by atoms with Gasteiger partial charge in [-0.15, -0.1) is 0 Å². The largest absolute Gasteiger partial charge is 0.485 e. The summed E-state index contributed by atoms with van der Waals surface area (Å²) in [6.07, 6.45) is 4.04. The number of likely N-dealkylation sites (tertiary alicyclic amines) is 1. The van der Waals surface area contributed by atoms with Crippen LogP contribution < -0.4 is 9.47 Å². The summed E-state index contributed by atoms with van der Waals surface area (Å²) in [4.78, 5) is 2.55. The third-order valence-corrected chi connectivity index (χ3v) is 4.71. The molecule has 0 radical (unpaired) electrons. The minimum Gasteiger partial charge on any atom is -0.485 e. The summed E-state index contributed by atoms with van der Waals surface area (Å²) >= 11 is 0. The van der Waals surface area contributed by atoms with E-state index in [2.05, 4.69) is 29.2 Å². The van der Waals surface area contributed by atoms with Crippen LogP contribution in [0.1, 0.15) is 36.5 Å². The first-order chi connectivity index (χ1) is 11.4. The van der Waals surface area contributed by atoms with Gasteiger partial charge in [0, 0.05) is 6.54 Å². The Morgan fingerprint density at radius 1 is 0.870 bits per heavy atom. The summed E-state index contributed by atoms with van der Waals surface area (Å²) in [6.45, 7) is 4.10. The fourth-order valence-electron chi connectivity index (χ4n) is 3.40. The van der Waals surface area contributed by atoms with E-state index in [9.17, 15) is 0 Å². The van der Waals surface area contributed by atoms with Gasteiger partial charge in [0.15, 0.2) is 17.6 Å². The SMILES string of the molecule is c1ccc2c(c1)OCC(c1ccc(CN3CCCCC3)cc1)O2. The number of piperidine rings is 1. The molecule has 120 valence electrons. The number of hydrogen-bond acceptors (Lipinski definition) is 3. The van der Waals surface area contributed by atoms with Crippen LogP contribution in [-0.4, -0.2) is 24.6 Å². The zero-order chi connectivity index (χ0) is 15.5. The average Bonchev–Trinajstić information content (AvgIpc) is 2.63. The van der Waals surface area contributed by atoms with Crippen LogP contribution in [0.15, 0.2) is 48.5 Å². The van der Waals surface area contributed by atoms with Crippen LogP contribution >= 0.6 is 0 Å². The predicted octanol–water partition coefficient (Wildman–Crippen LogP) is 4.19. The maximum atomic E-state index is 6.07. The number of benzene rings is 2. The minimum atomic E-state index is -0.0195. The Labute approximate surface area is 137 Å². The topological polar surface area (TPSA) is 21.7 Å². The Morgan fingerprint density at radius 3 is 2.39 bits per heavy atom. The van der Waals surface area contributed by atoms with E-state index in [1.165, 1.54) is 43.5 Å². The molecule has 0 amide bonds.